The molecule has 2 heterocycles. The average molecular weight is 188 g/mol. The molecule has 0 saturated heterocycles. The second kappa shape index (κ2) is 3.62. The summed E-state index contributed by atoms with van der Waals surface area (Å²) in [6.07, 6.45) is 5.08. The Balaban J connectivity index is 2.29. The molecule has 2 aromatic rings. The van der Waals surface area contributed by atoms with E-state index in [1.54, 1.807) is 6.92 Å². The van der Waals surface area contributed by atoms with Gasteiger partial charge in [0, 0.05) is 19.0 Å². The molecule has 14 heavy (non-hydrogen) atoms. The Morgan fingerprint density at radius 1 is 1.50 bits per heavy atom. The molecule has 2 aromatic heterocycles. The van der Waals surface area contributed by atoms with Crippen LogP contribution in [0, 0.1) is 0 Å². The first kappa shape index (κ1) is 8.94. The summed E-state index contributed by atoms with van der Waals surface area (Å²) in [6, 6.07) is 5.95. The fraction of sp³-hybridized carbons (Fsp3) is 0.273. The van der Waals surface area contributed by atoms with E-state index in [2.05, 4.69) is 4.98 Å². The zero-order chi connectivity index (χ0) is 9.97. The highest BCUT2D eigenvalue weighted by molar-refractivity contribution is 5.75. The van der Waals surface area contributed by atoms with Gasteiger partial charge >= 0.3 is 0 Å². The number of nitrogens with zero attached hydrogens (tertiary/aromatic N) is 2. The van der Waals surface area contributed by atoms with Gasteiger partial charge in [0.15, 0.2) is 0 Å². The Hall–Kier alpha value is -1.64. The Labute approximate surface area is 82.4 Å². The van der Waals surface area contributed by atoms with Crippen LogP contribution in [0.15, 0.2) is 30.6 Å². The largest absolute Gasteiger partial charge is 0.304 e. The Morgan fingerprint density at radius 2 is 2.36 bits per heavy atom. The Kier molecular flexibility index (Phi) is 2.31. The summed E-state index contributed by atoms with van der Waals surface area (Å²) in [7, 11) is 0. The predicted octanol–water partition coefficient (Wildman–Crippen LogP) is 1.86. The molecule has 0 unspecified atom stereocenters. The summed E-state index contributed by atoms with van der Waals surface area (Å²) in [6.45, 7) is 1.61. The van der Waals surface area contributed by atoms with E-state index in [9.17, 15) is 4.79 Å². The number of ketones is 1. The third-order valence-corrected chi connectivity index (χ3v) is 2.22. The van der Waals surface area contributed by atoms with Crippen molar-refractivity contribution in [3.63, 3.8) is 0 Å². The van der Waals surface area contributed by atoms with Crippen molar-refractivity contribution in [1.29, 1.82) is 0 Å². The highest BCUT2D eigenvalue weighted by Crippen LogP contribution is 2.07. The highest BCUT2D eigenvalue weighted by Gasteiger charge is 2.03. The van der Waals surface area contributed by atoms with Gasteiger partial charge in [0.25, 0.3) is 0 Å². The van der Waals surface area contributed by atoms with Crippen LogP contribution in [0.3, 0.4) is 0 Å². The number of carbonyl (C=O) groups excluding carboxylic acids is 1. The predicted molar refractivity (Wildman–Crippen MR) is 54.2 cm³/mol. The molecule has 0 radical (unpaired) electrons. The van der Waals surface area contributed by atoms with Gasteiger partial charge < -0.3 is 9.20 Å². The Bertz CT molecular complexity index is 459. The molecule has 0 bridgehead atoms. The molecule has 0 aromatic carbocycles. The van der Waals surface area contributed by atoms with Gasteiger partial charge in [-0.1, -0.05) is 6.07 Å². The molecule has 2 rings (SSSR count). The summed E-state index contributed by atoms with van der Waals surface area (Å²) < 4.78 is 2.02. The van der Waals surface area contributed by atoms with Crippen LogP contribution in [-0.4, -0.2) is 15.2 Å². The van der Waals surface area contributed by atoms with Crippen molar-refractivity contribution in [2.75, 3.05) is 0 Å². The second-order valence-electron chi connectivity index (χ2n) is 3.37. The maximum absolute atomic E-state index is 10.8. The lowest BCUT2D eigenvalue weighted by Crippen LogP contribution is -1.98. The molecule has 0 aliphatic carbocycles. The van der Waals surface area contributed by atoms with E-state index in [4.69, 9.17) is 0 Å². The normalized spacial score (nSPS) is 10.6. The number of hydrogen-bond donors (Lipinski definition) is 0. The van der Waals surface area contributed by atoms with E-state index < -0.39 is 0 Å². The molecule has 72 valence electrons. The zero-order valence-corrected chi connectivity index (χ0v) is 8.10. The van der Waals surface area contributed by atoms with Gasteiger partial charge in [-0.3, -0.25) is 0 Å². The molecule has 0 saturated carbocycles. The molecule has 3 nitrogen and oxygen atoms in total. The van der Waals surface area contributed by atoms with Crippen LogP contribution in [0.4, 0.5) is 0 Å². The summed E-state index contributed by atoms with van der Waals surface area (Å²) in [4.78, 5) is 15.1. The molecule has 0 amide bonds. The van der Waals surface area contributed by atoms with Crippen LogP contribution in [0.5, 0.6) is 0 Å². The van der Waals surface area contributed by atoms with E-state index in [0.717, 1.165) is 11.3 Å². The van der Waals surface area contributed by atoms with E-state index in [1.165, 1.54) is 0 Å². The lowest BCUT2D eigenvalue weighted by Gasteiger charge is -1.98. The van der Waals surface area contributed by atoms with Crippen LogP contribution in [-0.2, 0) is 11.2 Å². The van der Waals surface area contributed by atoms with Crippen molar-refractivity contribution >= 4 is 11.3 Å². The van der Waals surface area contributed by atoms with Crippen molar-refractivity contribution in [2.24, 2.45) is 0 Å². The van der Waals surface area contributed by atoms with Gasteiger partial charge in [-0.05, 0) is 19.1 Å². The number of imidazole rings is 1. The first-order chi connectivity index (χ1) is 6.77. The zero-order valence-electron chi connectivity index (χ0n) is 8.10. The van der Waals surface area contributed by atoms with Gasteiger partial charge in [0.2, 0.25) is 0 Å². The summed E-state index contributed by atoms with van der Waals surface area (Å²) in [5.41, 5.74) is 1.08. The van der Waals surface area contributed by atoms with Crippen molar-refractivity contribution in [1.82, 2.24) is 9.38 Å². The standard InChI is InChI=1S/C11H12N2O/c1-9(14)5-6-11-12-8-10-4-2-3-7-13(10)11/h2-4,7-8H,5-6H2,1H3. The van der Waals surface area contributed by atoms with E-state index in [1.807, 2.05) is 35.0 Å². The fourth-order valence-corrected chi connectivity index (χ4v) is 1.47. The first-order valence-electron chi connectivity index (χ1n) is 4.68. The van der Waals surface area contributed by atoms with Gasteiger partial charge in [0.05, 0.1) is 11.7 Å². The minimum Gasteiger partial charge on any atom is -0.304 e. The second-order valence-corrected chi connectivity index (χ2v) is 3.37. The lowest BCUT2D eigenvalue weighted by atomic mass is 10.2. The average Bonchev–Trinajstić information content (AvgIpc) is 2.58. The summed E-state index contributed by atoms with van der Waals surface area (Å²) in [5.74, 6) is 1.16. The minimum absolute atomic E-state index is 0.206. The number of fused-ring (bicyclic) bond motifs is 1. The molecule has 0 fully saturated rings. The SMILES string of the molecule is CC(=O)CCc1ncc2ccccn12. The summed E-state index contributed by atoms with van der Waals surface area (Å²) >= 11 is 0. The molecule has 3 heteroatoms. The van der Waals surface area contributed by atoms with Gasteiger partial charge in [-0.25, -0.2) is 4.98 Å². The number of Topliss-reactive ketones (excluding diaryl/α,β-unsaturated/α-hetero) is 1. The third kappa shape index (κ3) is 1.66. The monoisotopic (exact) mass is 188 g/mol. The van der Waals surface area contributed by atoms with Crippen LogP contribution >= 0.6 is 0 Å². The first-order valence-corrected chi connectivity index (χ1v) is 4.68. The molecular formula is C11H12N2O. The molecule has 0 atom stereocenters. The van der Waals surface area contributed by atoms with E-state index >= 15 is 0 Å². The van der Waals surface area contributed by atoms with E-state index in [0.29, 0.717) is 12.8 Å². The maximum Gasteiger partial charge on any atom is 0.130 e. The van der Waals surface area contributed by atoms with Gasteiger partial charge in [0.1, 0.15) is 11.6 Å². The van der Waals surface area contributed by atoms with Crippen LogP contribution in [0.1, 0.15) is 19.2 Å². The van der Waals surface area contributed by atoms with Crippen LogP contribution in [0.25, 0.3) is 5.52 Å². The maximum atomic E-state index is 10.8. The van der Waals surface area contributed by atoms with Crippen molar-refractivity contribution in [3.05, 3.63) is 36.4 Å². The Morgan fingerprint density at radius 3 is 3.14 bits per heavy atom. The number of aromatic nitrogens is 2. The smallest absolute Gasteiger partial charge is 0.130 e. The molecular weight excluding hydrogens is 176 g/mol. The number of rotatable bonds is 3. The van der Waals surface area contributed by atoms with Gasteiger partial charge in [-0.2, -0.15) is 0 Å². The lowest BCUT2D eigenvalue weighted by molar-refractivity contribution is -0.117. The van der Waals surface area contributed by atoms with Crippen molar-refractivity contribution in [2.45, 2.75) is 19.8 Å². The number of hydrogen-bond acceptors (Lipinski definition) is 2. The molecule has 0 aliphatic heterocycles. The molecule has 0 aliphatic rings. The highest BCUT2D eigenvalue weighted by atomic mass is 16.1. The van der Waals surface area contributed by atoms with Crippen molar-refractivity contribution < 1.29 is 4.79 Å². The molecule has 0 N–H and O–H groups in total. The number of carbonyl (C=O) groups is 1. The van der Waals surface area contributed by atoms with Crippen LogP contribution in [0.2, 0.25) is 0 Å². The summed E-state index contributed by atoms with van der Waals surface area (Å²) in [5, 5.41) is 0. The third-order valence-electron chi connectivity index (χ3n) is 2.22. The number of aryl methyl sites for hydroxylation is 1. The quantitative estimate of drug-likeness (QED) is 0.736. The molecule has 0 spiro atoms. The van der Waals surface area contributed by atoms with Crippen molar-refractivity contribution in [3.8, 4) is 0 Å². The number of pyridine rings is 1. The minimum atomic E-state index is 0.206. The van der Waals surface area contributed by atoms with Crippen LogP contribution < -0.4 is 0 Å². The topological polar surface area (TPSA) is 34.4 Å². The fourth-order valence-electron chi connectivity index (χ4n) is 1.47. The van der Waals surface area contributed by atoms with E-state index in [-0.39, 0.29) is 5.78 Å². The van der Waals surface area contributed by atoms with Gasteiger partial charge in [-0.15, -0.1) is 0 Å².